The van der Waals surface area contributed by atoms with Gasteiger partial charge in [-0.25, -0.2) is 0 Å². The summed E-state index contributed by atoms with van der Waals surface area (Å²) in [6.45, 7) is 7.42. The van der Waals surface area contributed by atoms with Gasteiger partial charge in [-0.2, -0.15) is 0 Å². The lowest BCUT2D eigenvalue weighted by molar-refractivity contribution is -0.384. The van der Waals surface area contributed by atoms with Gasteiger partial charge in [0.05, 0.1) is 17.6 Å². The first-order valence-corrected chi connectivity index (χ1v) is 8.07. The standard InChI is InChI=1S/C17H20N4O5/c1-5-20-16(22)11(4)10(3)15(17(20)23)19-18-13-8-7-12(26-6-2)9-14(13)21(24)25/h7-9,22H,5-6H2,1-4H3. The molecule has 1 aromatic carbocycles. The summed E-state index contributed by atoms with van der Waals surface area (Å²) in [6.07, 6.45) is 0. The Balaban J connectivity index is 2.56. The second kappa shape index (κ2) is 7.77. The molecule has 0 saturated carbocycles. The number of nitro groups is 1. The minimum atomic E-state index is -0.587. The fourth-order valence-electron chi connectivity index (χ4n) is 2.44. The van der Waals surface area contributed by atoms with Crippen LogP contribution in [0.1, 0.15) is 25.0 Å². The van der Waals surface area contributed by atoms with E-state index in [0.29, 0.717) is 23.5 Å². The van der Waals surface area contributed by atoms with Crippen LogP contribution in [0.15, 0.2) is 33.2 Å². The van der Waals surface area contributed by atoms with Gasteiger partial charge in [-0.3, -0.25) is 19.5 Å². The van der Waals surface area contributed by atoms with Crippen molar-refractivity contribution in [2.75, 3.05) is 6.61 Å². The maximum absolute atomic E-state index is 12.5. The van der Waals surface area contributed by atoms with Gasteiger partial charge in [0.25, 0.3) is 11.2 Å². The lowest BCUT2D eigenvalue weighted by Crippen LogP contribution is -2.20. The topological polar surface area (TPSA) is 119 Å². The number of ether oxygens (including phenoxy) is 1. The number of hydrogen-bond acceptors (Lipinski definition) is 7. The molecular formula is C17H20N4O5. The predicted octanol–water partition coefficient (Wildman–Crippen LogP) is 3.91. The quantitative estimate of drug-likeness (QED) is 0.476. The van der Waals surface area contributed by atoms with E-state index in [0.717, 1.165) is 0 Å². The van der Waals surface area contributed by atoms with Crippen LogP contribution < -0.4 is 10.3 Å². The first-order valence-electron chi connectivity index (χ1n) is 8.07. The van der Waals surface area contributed by atoms with E-state index in [1.165, 1.54) is 16.7 Å². The zero-order chi connectivity index (χ0) is 19.4. The van der Waals surface area contributed by atoms with Gasteiger partial charge in [-0.1, -0.05) is 0 Å². The number of nitro benzene ring substituents is 1. The molecule has 0 radical (unpaired) electrons. The highest BCUT2D eigenvalue weighted by Crippen LogP contribution is 2.33. The molecule has 26 heavy (non-hydrogen) atoms. The van der Waals surface area contributed by atoms with Crippen LogP contribution in [-0.2, 0) is 6.54 Å². The van der Waals surface area contributed by atoms with E-state index in [9.17, 15) is 20.0 Å². The Bertz CT molecular complexity index is 934. The first kappa shape index (κ1) is 19.1. The number of azo groups is 1. The molecule has 138 valence electrons. The van der Waals surface area contributed by atoms with Gasteiger partial charge >= 0.3 is 0 Å². The van der Waals surface area contributed by atoms with Crippen LogP contribution in [0.3, 0.4) is 0 Å². The molecule has 2 rings (SSSR count). The molecule has 0 atom stereocenters. The molecule has 2 aromatic rings. The van der Waals surface area contributed by atoms with Gasteiger partial charge < -0.3 is 9.84 Å². The monoisotopic (exact) mass is 360 g/mol. The maximum atomic E-state index is 12.5. The second-order valence-corrected chi connectivity index (χ2v) is 5.51. The van der Waals surface area contributed by atoms with Crippen LogP contribution in [0.4, 0.5) is 17.1 Å². The smallest absolute Gasteiger partial charge is 0.300 e. The summed E-state index contributed by atoms with van der Waals surface area (Å²) in [5.41, 5.74) is 0.224. The molecule has 1 aromatic heterocycles. The van der Waals surface area contributed by atoms with Crippen molar-refractivity contribution in [3.63, 3.8) is 0 Å². The summed E-state index contributed by atoms with van der Waals surface area (Å²) >= 11 is 0. The Morgan fingerprint density at radius 3 is 2.50 bits per heavy atom. The van der Waals surface area contributed by atoms with Crippen LogP contribution >= 0.6 is 0 Å². The molecule has 1 N–H and O–H groups in total. The third kappa shape index (κ3) is 3.56. The van der Waals surface area contributed by atoms with Crippen molar-refractivity contribution in [3.8, 4) is 11.6 Å². The second-order valence-electron chi connectivity index (χ2n) is 5.51. The van der Waals surface area contributed by atoms with Gasteiger partial charge in [0.15, 0.2) is 17.3 Å². The van der Waals surface area contributed by atoms with Gasteiger partial charge in [-0.15, -0.1) is 10.2 Å². The lowest BCUT2D eigenvalue weighted by Gasteiger charge is -2.12. The Morgan fingerprint density at radius 2 is 1.92 bits per heavy atom. The lowest BCUT2D eigenvalue weighted by atomic mass is 10.1. The van der Waals surface area contributed by atoms with Crippen molar-refractivity contribution >= 4 is 17.1 Å². The third-order valence-corrected chi connectivity index (χ3v) is 3.99. The average molecular weight is 360 g/mol. The third-order valence-electron chi connectivity index (χ3n) is 3.99. The maximum Gasteiger partial charge on any atom is 0.300 e. The molecule has 0 amide bonds. The van der Waals surface area contributed by atoms with Crippen LogP contribution in [0.25, 0.3) is 0 Å². The molecule has 0 spiro atoms. The SMILES string of the molecule is CCOc1ccc(N=Nc2c(C)c(C)c(O)n(CC)c2=O)c([N+](=O)[O-])c1. The summed E-state index contributed by atoms with van der Waals surface area (Å²) in [6, 6.07) is 4.22. The summed E-state index contributed by atoms with van der Waals surface area (Å²) in [5.74, 6) is 0.226. The number of rotatable bonds is 6. The van der Waals surface area contributed by atoms with Gasteiger partial charge in [0.1, 0.15) is 5.75 Å². The highest BCUT2D eigenvalue weighted by Gasteiger charge is 2.18. The van der Waals surface area contributed by atoms with Crippen molar-refractivity contribution in [1.29, 1.82) is 0 Å². The molecule has 0 saturated heterocycles. The highest BCUT2D eigenvalue weighted by molar-refractivity contribution is 5.60. The fraction of sp³-hybridized carbons (Fsp3) is 0.353. The number of benzene rings is 1. The van der Waals surface area contributed by atoms with Crippen LogP contribution in [0.5, 0.6) is 11.6 Å². The zero-order valence-corrected chi connectivity index (χ0v) is 15.0. The Labute approximate surface area is 149 Å². The minimum Gasteiger partial charge on any atom is -0.494 e. The van der Waals surface area contributed by atoms with E-state index in [-0.39, 0.29) is 29.5 Å². The normalized spacial score (nSPS) is 11.1. The van der Waals surface area contributed by atoms with Crippen molar-refractivity contribution in [2.24, 2.45) is 10.2 Å². The van der Waals surface area contributed by atoms with Crippen LogP contribution in [0, 0.1) is 24.0 Å². The fourth-order valence-corrected chi connectivity index (χ4v) is 2.44. The van der Waals surface area contributed by atoms with E-state index in [4.69, 9.17) is 4.74 Å². The van der Waals surface area contributed by atoms with Crippen LogP contribution in [-0.4, -0.2) is 21.2 Å². The summed E-state index contributed by atoms with van der Waals surface area (Å²) in [4.78, 5) is 23.2. The minimum absolute atomic E-state index is 0.00558. The van der Waals surface area contributed by atoms with Gasteiger partial charge in [0.2, 0.25) is 0 Å². The summed E-state index contributed by atoms with van der Waals surface area (Å²) < 4.78 is 6.42. The number of aromatic hydroxyl groups is 1. The highest BCUT2D eigenvalue weighted by atomic mass is 16.6. The predicted molar refractivity (Wildman–Crippen MR) is 96.0 cm³/mol. The summed E-state index contributed by atoms with van der Waals surface area (Å²) in [5, 5.41) is 29.2. The molecule has 9 heteroatoms. The number of aromatic nitrogens is 1. The Kier molecular flexibility index (Phi) is 5.71. The van der Waals surface area contributed by atoms with Crippen molar-refractivity contribution in [1.82, 2.24) is 4.57 Å². The number of nitrogens with zero attached hydrogens (tertiary/aromatic N) is 4. The molecule has 0 aliphatic rings. The van der Waals surface area contributed by atoms with E-state index in [1.54, 1.807) is 33.8 Å². The molecule has 0 bridgehead atoms. The molecule has 0 fully saturated rings. The molecule has 0 aliphatic carbocycles. The van der Waals surface area contributed by atoms with E-state index >= 15 is 0 Å². The van der Waals surface area contributed by atoms with Crippen molar-refractivity contribution in [3.05, 3.63) is 49.8 Å². The van der Waals surface area contributed by atoms with Gasteiger partial charge in [0, 0.05) is 12.1 Å². The van der Waals surface area contributed by atoms with Crippen molar-refractivity contribution < 1.29 is 14.8 Å². The van der Waals surface area contributed by atoms with Crippen LogP contribution in [0.2, 0.25) is 0 Å². The Hall–Kier alpha value is -3.23. The van der Waals surface area contributed by atoms with E-state index in [1.807, 2.05) is 0 Å². The molecule has 0 unspecified atom stereocenters. The average Bonchev–Trinajstić information content (AvgIpc) is 2.61. The van der Waals surface area contributed by atoms with E-state index in [2.05, 4.69) is 10.2 Å². The zero-order valence-electron chi connectivity index (χ0n) is 15.0. The summed E-state index contributed by atoms with van der Waals surface area (Å²) in [7, 11) is 0. The molecule has 9 nitrogen and oxygen atoms in total. The molecule has 0 aliphatic heterocycles. The first-order chi connectivity index (χ1) is 12.3. The molecular weight excluding hydrogens is 340 g/mol. The van der Waals surface area contributed by atoms with Crippen molar-refractivity contribution in [2.45, 2.75) is 34.2 Å². The Morgan fingerprint density at radius 1 is 1.23 bits per heavy atom. The largest absolute Gasteiger partial charge is 0.494 e. The molecule has 1 heterocycles. The van der Waals surface area contributed by atoms with Gasteiger partial charge in [-0.05, 0) is 45.4 Å². The number of hydrogen-bond donors (Lipinski definition) is 1. The number of pyridine rings is 1. The van der Waals surface area contributed by atoms with E-state index < -0.39 is 10.5 Å².